The Labute approximate surface area is 226 Å². The third kappa shape index (κ3) is 5.08. The van der Waals surface area contributed by atoms with Gasteiger partial charge in [0.15, 0.2) is 5.69 Å². The Morgan fingerprint density at radius 3 is 2.67 bits per heavy atom. The van der Waals surface area contributed by atoms with Gasteiger partial charge in [-0.2, -0.15) is 4.31 Å². The van der Waals surface area contributed by atoms with E-state index in [9.17, 15) is 18.3 Å². The molecule has 200 valence electrons. The maximum atomic E-state index is 13.7. The predicted molar refractivity (Wildman–Crippen MR) is 144 cm³/mol. The molecule has 0 bridgehead atoms. The molecule has 1 unspecified atom stereocenters. The molecular formula is C28H27N5O5S. The molecule has 0 spiro atoms. The van der Waals surface area contributed by atoms with Crippen LogP contribution < -0.4 is 4.74 Å². The van der Waals surface area contributed by atoms with Crippen LogP contribution in [-0.4, -0.2) is 51.4 Å². The lowest BCUT2D eigenvalue weighted by Crippen LogP contribution is -2.35. The number of fused-ring (bicyclic) bond motifs is 2. The standard InChI is InChI=1S/C28H27N5O5S/c1-17-5-6-19(23(14-28(34)35)20-7-9-25-24(12-20)30-31-32(25)4)11-21(17)16-33-15-18(2)38-26-10-8-22(29-3)13-27(26)39(33,36)37/h5-13,18,23H,14-16H2,1-2,4H3,(H,34,35)/t18-,23?/m1/s1. The highest BCUT2D eigenvalue weighted by Crippen LogP contribution is 2.36. The fourth-order valence-electron chi connectivity index (χ4n) is 4.94. The fraction of sp³-hybridized carbons (Fsp3) is 0.286. The van der Waals surface area contributed by atoms with E-state index in [4.69, 9.17) is 11.3 Å². The van der Waals surface area contributed by atoms with Crippen molar-refractivity contribution in [3.63, 3.8) is 0 Å². The number of ether oxygens (including phenoxy) is 1. The van der Waals surface area contributed by atoms with Crippen molar-refractivity contribution >= 4 is 32.7 Å². The summed E-state index contributed by atoms with van der Waals surface area (Å²) in [6, 6.07) is 15.7. The first-order chi connectivity index (χ1) is 18.6. The van der Waals surface area contributed by atoms with Gasteiger partial charge in [0.2, 0.25) is 10.0 Å². The van der Waals surface area contributed by atoms with Crippen LogP contribution in [0.2, 0.25) is 0 Å². The number of rotatable bonds is 6. The number of sulfonamides is 1. The van der Waals surface area contributed by atoms with Crippen LogP contribution in [0.1, 0.15) is 41.5 Å². The van der Waals surface area contributed by atoms with E-state index in [2.05, 4.69) is 15.2 Å². The van der Waals surface area contributed by atoms with E-state index in [0.29, 0.717) is 5.52 Å². The number of carboxylic acid groups (broad SMARTS) is 1. The molecule has 1 N–H and O–H groups in total. The van der Waals surface area contributed by atoms with Crippen LogP contribution in [0.15, 0.2) is 59.5 Å². The maximum Gasteiger partial charge on any atom is 0.304 e. The van der Waals surface area contributed by atoms with Crippen LogP contribution in [0, 0.1) is 13.5 Å². The third-order valence-electron chi connectivity index (χ3n) is 7.00. The highest BCUT2D eigenvalue weighted by molar-refractivity contribution is 7.89. The molecular weight excluding hydrogens is 518 g/mol. The number of carboxylic acids is 1. The van der Waals surface area contributed by atoms with Crippen LogP contribution in [-0.2, 0) is 28.4 Å². The molecule has 0 saturated carbocycles. The Balaban J connectivity index is 1.54. The minimum absolute atomic E-state index is 0.0322. The SMILES string of the molecule is [C-]#[N+]c1ccc2c(c1)S(=O)(=O)N(Cc1cc(C(CC(=O)O)c3ccc4c(c3)nnn4C)ccc1C)C[C@@H](C)O2. The molecule has 1 aliphatic heterocycles. The maximum absolute atomic E-state index is 13.7. The van der Waals surface area contributed by atoms with Crippen molar-refractivity contribution in [2.24, 2.45) is 7.05 Å². The van der Waals surface area contributed by atoms with E-state index in [1.54, 1.807) is 18.7 Å². The topological polar surface area (TPSA) is 119 Å². The zero-order chi connectivity index (χ0) is 27.9. The van der Waals surface area contributed by atoms with E-state index >= 15 is 0 Å². The zero-order valence-corrected chi connectivity index (χ0v) is 22.5. The summed E-state index contributed by atoms with van der Waals surface area (Å²) in [6.45, 7) is 11.2. The van der Waals surface area contributed by atoms with E-state index in [1.165, 1.54) is 22.5 Å². The summed E-state index contributed by atoms with van der Waals surface area (Å²) < 4.78 is 36.3. The van der Waals surface area contributed by atoms with Gasteiger partial charge in [-0.05, 0) is 60.4 Å². The van der Waals surface area contributed by atoms with Crippen molar-refractivity contribution in [1.29, 1.82) is 0 Å². The number of aromatic nitrogens is 3. The largest absolute Gasteiger partial charge is 0.488 e. The monoisotopic (exact) mass is 545 g/mol. The highest BCUT2D eigenvalue weighted by Gasteiger charge is 2.34. The molecule has 0 aliphatic carbocycles. The number of nitrogens with zero attached hydrogens (tertiary/aromatic N) is 5. The van der Waals surface area contributed by atoms with Crippen LogP contribution in [0.5, 0.6) is 5.75 Å². The Hall–Kier alpha value is -4.27. The van der Waals surface area contributed by atoms with Crippen molar-refractivity contribution in [2.45, 2.75) is 43.7 Å². The predicted octanol–water partition coefficient (Wildman–Crippen LogP) is 4.41. The number of aliphatic carboxylic acids is 1. The van der Waals surface area contributed by atoms with Crippen LogP contribution in [0.3, 0.4) is 0 Å². The Kier molecular flexibility index (Phi) is 6.84. The molecule has 5 rings (SSSR count). The van der Waals surface area contributed by atoms with Crippen molar-refractivity contribution < 1.29 is 23.1 Å². The molecule has 1 aliphatic rings. The van der Waals surface area contributed by atoms with Gasteiger partial charge in [-0.15, -0.1) is 5.10 Å². The summed E-state index contributed by atoms with van der Waals surface area (Å²) >= 11 is 0. The molecule has 10 nitrogen and oxygen atoms in total. The number of benzene rings is 3. The third-order valence-corrected chi connectivity index (χ3v) is 8.83. The summed E-state index contributed by atoms with van der Waals surface area (Å²) in [5.74, 6) is -1.20. The summed E-state index contributed by atoms with van der Waals surface area (Å²) in [4.78, 5) is 15.2. The second-order valence-electron chi connectivity index (χ2n) is 9.77. The van der Waals surface area contributed by atoms with Gasteiger partial charge >= 0.3 is 5.97 Å². The molecule has 0 amide bonds. The summed E-state index contributed by atoms with van der Waals surface area (Å²) in [7, 11) is -2.18. The van der Waals surface area contributed by atoms with Gasteiger partial charge in [-0.1, -0.05) is 35.5 Å². The van der Waals surface area contributed by atoms with Crippen molar-refractivity contribution in [3.05, 3.63) is 88.3 Å². The van der Waals surface area contributed by atoms with E-state index < -0.39 is 28.0 Å². The van der Waals surface area contributed by atoms with Crippen LogP contribution in [0.4, 0.5) is 5.69 Å². The molecule has 0 fully saturated rings. The number of carbonyl (C=O) groups is 1. The normalized spacial score (nSPS) is 17.5. The lowest BCUT2D eigenvalue weighted by Gasteiger charge is -2.24. The van der Waals surface area contributed by atoms with Gasteiger partial charge in [0.1, 0.15) is 22.3 Å². The van der Waals surface area contributed by atoms with E-state index in [1.807, 2.05) is 43.3 Å². The van der Waals surface area contributed by atoms with E-state index in [0.717, 1.165) is 27.8 Å². The van der Waals surface area contributed by atoms with Crippen LogP contribution in [0.25, 0.3) is 15.9 Å². The van der Waals surface area contributed by atoms with Gasteiger partial charge in [-0.3, -0.25) is 4.79 Å². The first kappa shape index (κ1) is 26.3. The Morgan fingerprint density at radius 2 is 1.92 bits per heavy atom. The molecule has 39 heavy (non-hydrogen) atoms. The average molecular weight is 546 g/mol. The lowest BCUT2D eigenvalue weighted by atomic mass is 9.86. The van der Waals surface area contributed by atoms with Crippen molar-refractivity contribution in [3.8, 4) is 5.75 Å². The van der Waals surface area contributed by atoms with Gasteiger partial charge in [-0.25, -0.2) is 17.9 Å². The first-order valence-corrected chi connectivity index (χ1v) is 13.8. The molecule has 2 heterocycles. The molecule has 11 heteroatoms. The smallest absolute Gasteiger partial charge is 0.304 e. The summed E-state index contributed by atoms with van der Waals surface area (Å²) in [5.41, 5.74) is 4.88. The van der Waals surface area contributed by atoms with Crippen LogP contribution >= 0.6 is 0 Å². The van der Waals surface area contributed by atoms with Gasteiger partial charge < -0.3 is 9.84 Å². The molecule has 4 aromatic rings. The minimum atomic E-state index is -3.97. The summed E-state index contributed by atoms with van der Waals surface area (Å²) in [6.07, 6.45) is -0.560. The van der Waals surface area contributed by atoms with Gasteiger partial charge in [0.25, 0.3) is 0 Å². The minimum Gasteiger partial charge on any atom is -0.488 e. The zero-order valence-electron chi connectivity index (χ0n) is 21.7. The Morgan fingerprint density at radius 1 is 1.18 bits per heavy atom. The van der Waals surface area contributed by atoms with Gasteiger partial charge in [0, 0.05) is 19.5 Å². The first-order valence-electron chi connectivity index (χ1n) is 12.4. The van der Waals surface area contributed by atoms with Gasteiger partial charge in [0.05, 0.1) is 25.1 Å². The summed E-state index contributed by atoms with van der Waals surface area (Å²) in [5, 5.41) is 17.9. The number of hydrogen-bond donors (Lipinski definition) is 1. The highest BCUT2D eigenvalue weighted by atomic mass is 32.2. The van der Waals surface area contributed by atoms with Crippen molar-refractivity contribution in [2.75, 3.05) is 6.54 Å². The van der Waals surface area contributed by atoms with E-state index in [-0.39, 0.29) is 35.8 Å². The molecule has 2 atom stereocenters. The number of hydrogen-bond acceptors (Lipinski definition) is 6. The van der Waals surface area contributed by atoms with Crippen molar-refractivity contribution in [1.82, 2.24) is 19.3 Å². The number of aryl methyl sites for hydroxylation is 2. The average Bonchev–Trinajstić information content (AvgIpc) is 3.23. The Bertz CT molecular complexity index is 1740. The molecule has 1 aromatic heterocycles. The molecule has 0 radical (unpaired) electrons. The molecule has 0 saturated heterocycles. The second kappa shape index (κ2) is 10.1. The fourth-order valence-corrected chi connectivity index (χ4v) is 6.57. The lowest BCUT2D eigenvalue weighted by molar-refractivity contribution is -0.137. The molecule has 3 aromatic carbocycles. The second-order valence-corrected chi connectivity index (χ2v) is 11.7. The quantitative estimate of drug-likeness (QED) is 0.357.